The van der Waals surface area contributed by atoms with E-state index in [1.807, 2.05) is 19.9 Å². The molecular formula is C16H29NO. The van der Waals surface area contributed by atoms with Crippen LogP contribution in [0.3, 0.4) is 0 Å². The average Bonchev–Trinajstić information content (AvgIpc) is 2.33. The van der Waals surface area contributed by atoms with E-state index in [4.69, 9.17) is 0 Å². The van der Waals surface area contributed by atoms with Gasteiger partial charge in [-0.3, -0.25) is 4.79 Å². The first-order valence-corrected chi connectivity index (χ1v) is 7.18. The van der Waals surface area contributed by atoms with Crippen molar-refractivity contribution >= 4 is 5.91 Å². The number of carbonyl (C=O) groups excluding carboxylic acids is 1. The van der Waals surface area contributed by atoms with Crippen LogP contribution in [0, 0.1) is 0 Å². The van der Waals surface area contributed by atoms with Crippen molar-refractivity contribution in [2.24, 2.45) is 0 Å². The van der Waals surface area contributed by atoms with E-state index in [1.165, 1.54) is 25.7 Å². The maximum Gasteiger partial charge on any atom is 0.247 e. The van der Waals surface area contributed by atoms with Gasteiger partial charge in [-0.25, -0.2) is 0 Å². The van der Waals surface area contributed by atoms with Gasteiger partial charge in [-0.05, 0) is 33.1 Å². The Balaban J connectivity index is 3.90. The van der Waals surface area contributed by atoms with Crippen molar-refractivity contribution < 1.29 is 4.79 Å². The van der Waals surface area contributed by atoms with E-state index in [-0.39, 0.29) is 5.91 Å². The molecule has 0 fully saturated rings. The molecule has 0 saturated carbocycles. The molecule has 1 amide bonds. The molecule has 0 radical (unpaired) electrons. The summed E-state index contributed by atoms with van der Waals surface area (Å²) in [5.41, 5.74) is 2.03. The Morgan fingerprint density at radius 2 is 1.83 bits per heavy atom. The summed E-state index contributed by atoms with van der Waals surface area (Å²) in [5, 5.41) is 3.02. The van der Waals surface area contributed by atoms with Crippen molar-refractivity contribution in [1.29, 1.82) is 0 Å². The maximum atomic E-state index is 12.0. The smallest absolute Gasteiger partial charge is 0.247 e. The summed E-state index contributed by atoms with van der Waals surface area (Å²) < 4.78 is 0. The van der Waals surface area contributed by atoms with Gasteiger partial charge in [0.2, 0.25) is 5.91 Å². The Bertz CT molecular complexity index is 275. The highest BCUT2D eigenvalue weighted by Gasteiger charge is 2.09. The van der Waals surface area contributed by atoms with Crippen molar-refractivity contribution in [2.75, 3.05) is 6.54 Å². The lowest BCUT2D eigenvalue weighted by Crippen LogP contribution is -2.26. The fourth-order valence-electron chi connectivity index (χ4n) is 1.87. The lowest BCUT2D eigenvalue weighted by atomic mass is 10.0. The van der Waals surface area contributed by atoms with E-state index in [1.54, 1.807) is 0 Å². The Kier molecular flexibility index (Phi) is 10.4. The van der Waals surface area contributed by atoms with Crippen molar-refractivity contribution in [2.45, 2.75) is 65.7 Å². The van der Waals surface area contributed by atoms with Crippen LogP contribution < -0.4 is 5.32 Å². The van der Waals surface area contributed by atoms with Crippen LogP contribution in [0.15, 0.2) is 23.8 Å². The predicted octanol–water partition coefficient (Wildman–Crippen LogP) is 4.38. The third-order valence-corrected chi connectivity index (χ3v) is 3.04. The number of carbonyl (C=O) groups is 1. The lowest BCUT2D eigenvalue weighted by Gasteiger charge is -2.10. The maximum absolute atomic E-state index is 12.0. The average molecular weight is 251 g/mol. The van der Waals surface area contributed by atoms with Crippen LogP contribution in [0.2, 0.25) is 0 Å². The minimum Gasteiger partial charge on any atom is -0.352 e. The first-order chi connectivity index (χ1) is 8.63. The monoisotopic (exact) mass is 251 g/mol. The molecule has 104 valence electrons. The number of amides is 1. The highest BCUT2D eigenvalue weighted by molar-refractivity contribution is 5.94. The number of rotatable bonds is 10. The molecule has 0 spiro atoms. The van der Waals surface area contributed by atoms with Crippen LogP contribution in [-0.4, -0.2) is 12.5 Å². The molecule has 0 aromatic heterocycles. The van der Waals surface area contributed by atoms with Gasteiger partial charge in [-0.1, -0.05) is 44.3 Å². The quantitative estimate of drug-likeness (QED) is 0.348. The molecule has 0 bridgehead atoms. The largest absolute Gasteiger partial charge is 0.352 e. The van der Waals surface area contributed by atoms with Crippen LogP contribution in [0.5, 0.6) is 0 Å². The molecule has 0 aliphatic heterocycles. The highest BCUT2D eigenvalue weighted by atomic mass is 16.1. The summed E-state index contributed by atoms with van der Waals surface area (Å²) >= 11 is 0. The summed E-state index contributed by atoms with van der Waals surface area (Å²) in [6, 6.07) is 0. The first kappa shape index (κ1) is 16.9. The Morgan fingerprint density at radius 3 is 2.39 bits per heavy atom. The number of hydrogen-bond donors (Lipinski definition) is 1. The molecule has 0 atom stereocenters. The highest BCUT2D eigenvalue weighted by Crippen LogP contribution is 2.11. The van der Waals surface area contributed by atoms with Gasteiger partial charge in [-0.2, -0.15) is 0 Å². The fourth-order valence-corrected chi connectivity index (χ4v) is 1.87. The molecular weight excluding hydrogens is 222 g/mol. The number of nitrogens with one attached hydrogen (secondary N) is 1. The molecule has 0 unspecified atom stereocenters. The Hall–Kier alpha value is -1.05. The van der Waals surface area contributed by atoms with Gasteiger partial charge in [0, 0.05) is 12.1 Å². The Labute approximate surface area is 113 Å². The van der Waals surface area contributed by atoms with Crippen LogP contribution in [0.25, 0.3) is 0 Å². The summed E-state index contributed by atoms with van der Waals surface area (Å²) in [4.78, 5) is 12.0. The zero-order valence-electron chi connectivity index (χ0n) is 12.3. The van der Waals surface area contributed by atoms with E-state index in [9.17, 15) is 4.79 Å². The molecule has 0 aromatic rings. The number of hydrogen-bond acceptors (Lipinski definition) is 1. The minimum absolute atomic E-state index is 0.104. The third-order valence-electron chi connectivity index (χ3n) is 3.04. The van der Waals surface area contributed by atoms with Crippen molar-refractivity contribution in [3.8, 4) is 0 Å². The third kappa shape index (κ3) is 8.10. The fraction of sp³-hybridized carbons (Fsp3) is 0.688. The molecule has 0 heterocycles. The molecule has 0 aliphatic carbocycles. The van der Waals surface area contributed by atoms with Gasteiger partial charge in [0.25, 0.3) is 0 Å². The van der Waals surface area contributed by atoms with Gasteiger partial charge in [0.05, 0.1) is 0 Å². The van der Waals surface area contributed by atoms with E-state index >= 15 is 0 Å². The van der Waals surface area contributed by atoms with Crippen LogP contribution in [0.4, 0.5) is 0 Å². The molecule has 0 aromatic carbocycles. The summed E-state index contributed by atoms with van der Waals surface area (Å²) in [6.07, 6.45) is 9.66. The molecule has 0 aliphatic rings. The van der Waals surface area contributed by atoms with E-state index in [2.05, 4.69) is 18.8 Å². The molecule has 18 heavy (non-hydrogen) atoms. The molecule has 2 nitrogen and oxygen atoms in total. The van der Waals surface area contributed by atoms with Gasteiger partial charge in [-0.15, -0.1) is 6.58 Å². The molecule has 0 saturated heterocycles. The summed E-state index contributed by atoms with van der Waals surface area (Å²) in [7, 11) is 0. The lowest BCUT2D eigenvalue weighted by molar-refractivity contribution is -0.117. The second-order valence-corrected chi connectivity index (χ2v) is 4.98. The number of allylic oxidation sites excluding steroid dienone is 2. The van der Waals surface area contributed by atoms with Crippen LogP contribution in [-0.2, 0) is 4.79 Å². The van der Waals surface area contributed by atoms with Crippen molar-refractivity contribution in [3.63, 3.8) is 0 Å². The van der Waals surface area contributed by atoms with Crippen molar-refractivity contribution in [1.82, 2.24) is 5.32 Å². The molecule has 0 rings (SSSR count). The van der Waals surface area contributed by atoms with E-state index in [0.29, 0.717) is 0 Å². The predicted molar refractivity (Wildman–Crippen MR) is 79.6 cm³/mol. The molecule has 1 N–H and O–H groups in total. The summed E-state index contributed by atoms with van der Waals surface area (Å²) in [5.74, 6) is 0.104. The zero-order valence-corrected chi connectivity index (χ0v) is 12.3. The second kappa shape index (κ2) is 11.1. The van der Waals surface area contributed by atoms with E-state index < -0.39 is 0 Å². The zero-order chi connectivity index (χ0) is 13.8. The van der Waals surface area contributed by atoms with Crippen LogP contribution in [0.1, 0.15) is 65.7 Å². The molecule has 2 heteroatoms. The van der Waals surface area contributed by atoms with Gasteiger partial charge in [0.15, 0.2) is 0 Å². The number of unbranched alkanes of at least 4 members (excludes halogenated alkanes) is 4. The first-order valence-electron chi connectivity index (χ1n) is 7.18. The van der Waals surface area contributed by atoms with Crippen molar-refractivity contribution in [3.05, 3.63) is 23.8 Å². The standard InChI is InChI=1S/C16H29NO/c1-5-7-9-10-11-13-17-16(18)15(14(3)4)12-8-6-2/h6H,2,5,7-13H2,1,3-4H3,(H,17,18). The normalized spacial score (nSPS) is 9.94. The minimum atomic E-state index is 0.104. The topological polar surface area (TPSA) is 29.1 Å². The van der Waals surface area contributed by atoms with Gasteiger partial charge < -0.3 is 5.32 Å². The van der Waals surface area contributed by atoms with Gasteiger partial charge in [0.1, 0.15) is 0 Å². The Morgan fingerprint density at radius 1 is 1.17 bits per heavy atom. The van der Waals surface area contributed by atoms with Crippen LogP contribution >= 0.6 is 0 Å². The summed E-state index contributed by atoms with van der Waals surface area (Å²) in [6.45, 7) is 10.7. The SMILES string of the molecule is C=CCCC(C(=O)NCCCCCCC)=C(C)C. The van der Waals surface area contributed by atoms with Gasteiger partial charge >= 0.3 is 0 Å². The second-order valence-electron chi connectivity index (χ2n) is 4.98. The van der Waals surface area contributed by atoms with E-state index in [0.717, 1.165) is 37.0 Å².